The van der Waals surface area contributed by atoms with E-state index in [9.17, 15) is 9.18 Å². The normalized spacial score (nSPS) is 15.0. The van der Waals surface area contributed by atoms with E-state index in [2.05, 4.69) is 14.9 Å². The summed E-state index contributed by atoms with van der Waals surface area (Å²) in [6.07, 6.45) is 5.25. The molecule has 1 fully saturated rings. The van der Waals surface area contributed by atoms with Gasteiger partial charge in [-0.1, -0.05) is 18.2 Å². The number of carbonyl (C=O) groups excluding carboxylic acids is 1. The molecule has 0 bridgehead atoms. The lowest BCUT2D eigenvalue weighted by atomic mass is 10.1. The van der Waals surface area contributed by atoms with Gasteiger partial charge >= 0.3 is 0 Å². The van der Waals surface area contributed by atoms with Crippen LogP contribution in [0.4, 0.5) is 4.39 Å². The molecule has 3 heterocycles. The molecule has 28 heavy (non-hydrogen) atoms. The fraction of sp³-hybridized carbons (Fsp3) is 0.227. The van der Waals surface area contributed by atoms with Crippen molar-refractivity contribution in [1.29, 1.82) is 0 Å². The summed E-state index contributed by atoms with van der Waals surface area (Å²) >= 11 is 0. The average Bonchev–Trinajstić information content (AvgIpc) is 2.73. The minimum Gasteiger partial charge on any atom is -0.336 e. The molecular formula is C22H21FN4O. The Hall–Kier alpha value is -3.12. The number of amides is 1. The number of rotatable bonds is 5. The van der Waals surface area contributed by atoms with Gasteiger partial charge in [0.15, 0.2) is 0 Å². The molecule has 1 amide bonds. The highest BCUT2D eigenvalue weighted by Crippen LogP contribution is 2.22. The first-order valence-electron chi connectivity index (χ1n) is 9.28. The predicted octanol–water partition coefficient (Wildman–Crippen LogP) is 3.13. The lowest BCUT2D eigenvalue weighted by Crippen LogP contribution is -2.49. The number of halogens is 1. The number of nitrogens with zero attached hydrogens (tertiary/aromatic N) is 4. The second-order valence-corrected chi connectivity index (χ2v) is 6.90. The molecular weight excluding hydrogens is 355 g/mol. The van der Waals surface area contributed by atoms with Gasteiger partial charge in [-0.3, -0.25) is 19.7 Å². The summed E-state index contributed by atoms with van der Waals surface area (Å²) in [5, 5.41) is 0. The zero-order valence-corrected chi connectivity index (χ0v) is 15.5. The van der Waals surface area contributed by atoms with E-state index in [1.165, 1.54) is 12.1 Å². The van der Waals surface area contributed by atoms with Crippen LogP contribution in [0.1, 0.15) is 11.1 Å². The van der Waals surface area contributed by atoms with Crippen molar-refractivity contribution >= 4 is 5.91 Å². The van der Waals surface area contributed by atoms with Crippen molar-refractivity contribution in [1.82, 2.24) is 19.8 Å². The summed E-state index contributed by atoms with van der Waals surface area (Å²) in [6, 6.07) is 14.2. The first-order chi connectivity index (χ1) is 13.7. The van der Waals surface area contributed by atoms with E-state index in [0.29, 0.717) is 26.2 Å². The lowest BCUT2D eigenvalue weighted by molar-refractivity contribution is -0.136. The molecule has 0 saturated carbocycles. The summed E-state index contributed by atoms with van der Waals surface area (Å²) < 4.78 is 13.1. The third-order valence-corrected chi connectivity index (χ3v) is 4.92. The van der Waals surface area contributed by atoms with E-state index in [-0.39, 0.29) is 11.7 Å². The maximum atomic E-state index is 13.1. The molecule has 0 aliphatic carbocycles. The highest BCUT2D eigenvalue weighted by atomic mass is 19.1. The zero-order valence-electron chi connectivity index (χ0n) is 15.5. The Morgan fingerprint density at radius 2 is 1.71 bits per heavy atom. The van der Waals surface area contributed by atoms with Gasteiger partial charge in [0.05, 0.1) is 12.2 Å². The number of carbonyl (C=O) groups is 1. The molecule has 6 heteroatoms. The summed E-state index contributed by atoms with van der Waals surface area (Å²) in [5.74, 6) is -0.149. The van der Waals surface area contributed by atoms with Crippen LogP contribution in [0, 0.1) is 5.82 Å². The second kappa shape index (κ2) is 8.27. The molecule has 3 aromatic rings. The zero-order chi connectivity index (χ0) is 19.3. The lowest BCUT2D eigenvalue weighted by Gasteiger charge is -2.34. The fourth-order valence-corrected chi connectivity index (χ4v) is 3.45. The molecule has 0 N–H and O–H groups in total. The van der Waals surface area contributed by atoms with E-state index in [4.69, 9.17) is 0 Å². The smallest absolute Gasteiger partial charge is 0.237 e. The summed E-state index contributed by atoms with van der Waals surface area (Å²) in [4.78, 5) is 25.2. The molecule has 5 nitrogen and oxygen atoms in total. The quantitative estimate of drug-likeness (QED) is 0.687. The van der Waals surface area contributed by atoms with E-state index in [0.717, 1.165) is 28.9 Å². The molecule has 0 radical (unpaired) electrons. The first kappa shape index (κ1) is 18.3. The van der Waals surface area contributed by atoms with Crippen LogP contribution in [0.3, 0.4) is 0 Å². The Bertz CT molecular complexity index is 946. The maximum absolute atomic E-state index is 13.1. The Morgan fingerprint density at radius 3 is 2.46 bits per heavy atom. The van der Waals surface area contributed by atoms with E-state index < -0.39 is 0 Å². The van der Waals surface area contributed by atoms with Crippen LogP contribution in [-0.2, 0) is 17.9 Å². The number of hydrogen-bond donors (Lipinski definition) is 0. The van der Waals surface area contributed by atoms with Gasteiger partial charge in [0.25, 0.3) is 0 Å². The third-order valence-electron chi connectivity index (χ3n) is 4.92. The van der Waals surface area contributed by atoms with E-state index in [1.807, 2.05) is 29.2 Å². The fourth-order valence-electron chi connectivity index (χ4n) is 3.45. The Labute approximate surface area is 163 Å². The van der Waals surface area contributed by atoms with Crippen LogP contribution in [0.5, 0.6) is 0 Å². The van der Waals surface area contributed by atoms with Gasteiger partial charge in [0.2, 0.25) is 5.91 Å². The predicted molar refractivity (Wildman–Crippen MR) is 105 cm³/mol. The second-order valence-electron chi connectivity index (χ2n) is 6.90. The van der Waals surface area contributed by atoms with Gasteiger partial charge in [-0.25, -0.2) is 4.39 Å². The van der Waals surface area contributed by atoms with Crippen molar-refractivity contribution in [2.24, 2.45) is 0 Å². The number of hydrogen-bond acceptors (Lipinski definition) is 4. The molecule has 0 spiro atoms. The molecule has 1 saturated heterocycles. The van der Waals surface area contributed by atoms with Crippen molar-refractivity contribution < 1.29 is 9.18 Å². The number of piperazine rings is 1. The summed E-state index contributed by atoms with van der Waals surface area (Å²) in [6.45, 7) is 2.99. The monoisotopic (exact) mass is 376 g/mol. The minimum atomic E-state index is -0.244. The molecule has 142 valence electrons. The van der Waals surface area contributed by atoms with E-state index >= 15 is 0 Å². The van der Waals surface area contributed by atoms with Gasteiger partial charge in [-0.15, -0.1) is 0 Å². The van der Waals surface area contributed by atoms with Crippen LogP contribution < -0.4 is 0 Å². The third kappa shape index (κ3) is 4.23. The van der Waals surface area contributed by atoms with Gasteiger partial charge in [-0.2, -0.15) is 0 Å². The number of benzene rings is 1. The van der Waals surface area contributed by atoms with Crippen molar-refractivity contribution in [2.75, 3.05) is 19.6 Å². The van der Waals surface area contributed by atoms with Gasteiger partial charge in [0, 0.05) is 50.3 Å². The average molecular weight is 376 g/mol. The minimum absolute atomic E-state index is 0.0953. The molecule has 0 atom stereocenters. The van der Waals surface area contributed by atoms with Crippen LogP contribution in [0.2, 0.25) is 0 Å². The SMILES string of the molecule is O=C1CN(Cc2ccc(F)cc2)CCN1Cc1cccnc1-c1ccncc1. The van der Waals surface area contributed by atoms with Crippen LogP contribution in [0.25, 0.3) is 11.3 Å². The first-order valence-corrected chi connectivity index (χ1v) is 9.28. The molecule has 1 aliphatic heterocycles. The van der Waals surface area contributed by atoms with Crippen LogP contribution in [0.15, 0.2) is 67.1 Å². The van der Waals surface area contributed by atoms with Crippen molar-refractivity contribution in [3.05, 3.63) is 84.1 Å². The van der Waals surface area contributed by atoms with Crippen molar-refractivity contribution in [3.63, 3.8) is 0 Å². The standard InChI is InChI=1S/C22H21FN4O/c23-20-5-3-17(4-6-20)14-26-12-13-27(21(28)16-26)15-19-2-1-9-25-22(19)18-7-10-24-11-8-18/h1-11H,12-16H2. The van der Waals surface area contributed by atoms with Gasteiger partial charge in [0.1, 0.15) is 5.82 Å². The molecule has 0 unspecified atom stereocenters. The van der Waals surface area contributed by atoms with Gasteiger partial charge < -0.3 is 4.90 Å². The Morgan fingerprint density at radius 1 is 0.929 bits per heavy atom. The maximum Gasteiger partial charge on any atom is 0.237 e. The molecule has 1 aromatic carbocycles. The van der Waals surface area contributed by atoms with Crippen molar-refractivity contribution in [3.8, 4) is 11.3 Å². The number of pyridine rings is 2. The van der Waals surface area contributed by atoms with Crippen LogP contribution >= 0.6 is 0 Å². The van der Waals surface area contributed by atoms with Gasteiger partial charge in [-0.05, 0) is 41.5 Å². The Kier molecular flexibility index (Phi) is 5.39. The highest BCUT2D eigenvalue weighted by molar-refractivity contribution is 5.79. The molecule has 4 rings (SSSR count). The highest BCUT2D eigenvalue weighted by Gasteiger charge is 2.24. The number of aromatic nitrogens is 2. The van der Waals surface area contributed by atoms with E-state index in [1.54, 1.807) is 30.7 Å². The summed E-state index contributed by atoms with van der Waals surface area (Å²) in [7, 11) is 0. The largest absolute Gasteiger partial charge is 0.336 e. The topological polar surface area (TPSA) is 49.3 Å². The van der Waals surface area contributed by atoms with Crippen molar-refractivity contribution in [2.45, 2.75) is 13.1 Å². The van der Waals surface area contributed by atoms with Crippen LogP contribution in [-0.4, -0.2) is 45.3 Å². The Balaban J connectivity index is 1.42. The summed E-state index contributed by atoms with van der Waals surface area (Å²) in [5.41, 5.74) is 3.91. The molecule has 1 aliphatic rings. The molecule has 2 aromatic heterocycles.